The molecule has 2 N–H and O–H groups in total. The molecular weight excluding hydrogens is 316 g/mol. The molecule has 0 saturated carbocycles. The van der Waals surface area contributed by atoms with Crippen LogP contribution in [0.15, 0.2) is 84.9 Å². The number of hydrogen-bond acceptors (Lipinski definition) is 2. The van der Waals surface area contributed by atoms with Crippen molar-refractivity contribution in [3.63, 3.8) is 0 Å². The van der Waals surface area contributed by atoms with Crippen molar-refractivity contribution >= 4 is 0 Å². The fourth-order valence-electron chi connectivity index (χ4n) is 3.11. The molecule has 0 radical (unpaired) electrons. The summed E-state index contributed by atoms with van der Waals surface area (Å²) < 4.78 is 0. The molecule has 0 fully saturated rings. The highest BCUT2D eigenvalue weighted by Gasteiger charge is 2.06. The van der Waals surface area contributed by atoms with Gasteiger partial charge in [-0.2, -0.15) is 0 Å². The minimum atomic E-state index is 0.344. The fraction of sp³-hybridized carbons (Fsp3) is 0.250. The largest absolute Gasteiger partial charge is 0.306 e. The van der Waals surface area contributed by atoms with Crippen LogP contribution in [0.25, 0.3) is 0 Å². The second-order valence-corrected chi connectivity index (χ2v) is 6.85. The average Bonchev–Trinajstić information content (AvgIpc) is 2.72. The van der Waals surface area contributed by atoms with Gasteiger partial charge in [-0.05, 0) is 36.1 Å². The van der Waals surface area contributed by atoms with Crippen LogP contribution in [0.5, 0.6) is 0 Å². The quantitative estimate of drug-likeness (QED) is 0.572. The van der Waals surface area contributed by atoms with Crippen molar-refractivity contribution in [2.75, 3.05) is 0 Å². The molecule has 3 rings (SSSR count). The van der Waals surface area contributed by atoms with Gasteiger partial charge in [-0.25, -0.2) is 0 Å². The molecular formula is C24H28N2. The van der Waals surface area contributed by atoms with E-state index in [9.17, 15) is 0 Å². The first-order chi connectivity index (χ1) is 12.7. The molecule has 0 aliphatic rings. The van der Waals surface area contributed by atoms with Gasteiger partial charge >= 0.3 is 0 Å². The highest BCUT2D eigenvalue weighted by atomic mass is 14.9. The Labute approximate surface area is 157 Å². The monoisotopic (exact) mass is 344 g/mol. The van der Waals surface area contributed by atoms with Crippen LogP contribution in [0.1, 0.15) is 48.2 Å². The third-order valence-electron chi connectivity index (χ3n) is 4.82. The van der Waals surface area contributed by atoms with E-state index in [1.165, 1.54) is 22.3 Å². The van der Waals surface area contributed by atoms with Crippen molar-refractivity contribution in [1.82, 2.24) is 10.6 Å². The predicted molar refractivity (Wildman–Crippen MR) is 110 cm³/mol. The fourth-order valence-corrected chi connectivity index (χ4v) is 3.11. The minimum absolute atomic E-state index is 0.344. The first-order valence-corrected chi connectivity index (χ1v) is 9.37. The average molecular weight is 345 g/mol. The number of nitrogens with one attached hydrogen (secondary N) is 2. The molecule has 0 aliphatic heterocycles. The summed E-state index contributed by atoms with van der Waals surface area (Å²) in [7, 11) is 0. The minimum Gasteiger partial charge on any atom is -0.306 e. The summed E-state index contributed by atoms with van der Waals surface area (Å²) in [6, 6.07) is 30.7. The number of hydrogen-bond donors (Lipinski definition) is 2. The van der Waals surface area contributed by atoms with Gasteiger partial charge in [-0.3, -0.25) is 0 Å². The van der Waals surface area contributed by atoms with Gasteiger partial charge in [0.1, 0.15) is 0 Å². The van der Waals surface area contributed by atoms with Crippen LogP contribution in [0.4, 0.5) is 0 Å². The summed E-state index contributed by atoms with van der Waals surface area (Å²) in [4.78, 5) is 0. The van der Waals surface area contributed by atoms with Gasteiger partial charge in [0.25, 0.3) is 0 Å². The SMILES string of the molecule is CC(NCc1cccc(CNC(C)c2ccccc2)c1)c1ccccc1. The van der Waals surface area contributed by atoms with Crippen molar-refractivity contribution in [2.45, 2.75) is 39.0 Å². The van der Waals surface area contributed by atoms with Crippen molar-refractivity contribution in [2.24, 2.45) is 0 Å². The highest BCUT2D eigenvalue weighted by Crippen LogP contribution is 2.15. The zero-order valence-corrected chi connectivity index (χ0v) is 15.7. The molecule has 0 aliphatic carbocycles. The Morgan fingerprint density at radius 2 is 1.00 bits per heavy atom. The van der Waals surface area contributed by atoms with E-state index in [-0.39, 0.29) is 0 Å². The molecule has 2 heteroatoms. The van der Waals surface area contributed by atoms with E-state index in [4.69, 9.17) is 0 Å². The number of benzene rings is 3. The summed E-state index contributed by atoms with van der Waals surface area (Å²) in [6.45, 7) is 6.17. The standard InChI is InChI=1S/C24H28N2/c1-19(23-12-5-3-6-13-23)25-17-21-10-9-11-22(16-21)18-26-20(2)24-14-7-4-8-15-24/h3-16,19-20,25-26H,17-18H2,1-2H3. The normalized spacial score (nSPS) is 13.3. The van der Waals surface area contributed by atoms with E-state index < -0.39 is 0 Å². The second kappa shape index (κ2) is 9.33. The van der Waals surface area contributed by atoms with Gasteiger partial charge in [0.05, 0.1) is 0 Å². The zero-order chi connectivity index (χ0) is 18.2. The predicted octanol–water partition coefficient (Wildman–Crippen LogP) is 5.39. The zero-order valence-electron chi connectivity index (χ0n) is 15.7. The summed E-state index contributed by atoms with van der Waals surface area (Å²) in [6.07, 6.45) is 0. The molecule has 134 valence electrons. The molecule has 0 aromatic heterocycles. The Bertz CT molecular complexity index is 719. The summed E-state index contributed by atoms with van der Waals surface area (Å²) in [5, 5.41) is 7.23. The molecule has 2 unspecified atom stereocenters. The maximum atomic E-state index is 3.61. The Hall–Kier alpha value is -2.42. The van der Waals surface area contributed by atoms with Crippen LogP contribution in [0, 0.1) is 0 Å². The van der Waals surface area contributed by atoms with Crippen LogP contribution < -0.4 is 10.6 Å². The molecule has 2 nitrogen and oxygen atoms in total. The lowest BCUT2D eigenvalue weighted by Gasteiger charge is -2.16. The molecule has 0 heterocycles. The van der Waals surface area contributed by atoms with E-state index >= 15 is 0 Å². The van der Waals surface area contributed by atoms with Gasteiger partial charge < -0.3 is 10.6 Å². The van der Waals surface area contributed by atoms with Gasteiger partial charge in [-0.1, -0.05) is 84.9 Å². The van der Waals surface area contributed by atoms with E-state index in [1.54, 1.807) is 0 Å². The molecule has 26 heavy (non-hydrogen) atoms. The molecule has 3 aromatic carbocycles. The molecule has 0 bridgehead atoms. The van der Waals surface area contributed by atoms with Gasteiger partial charge in [0.2, 0.25) is 0 Å². The summed E-state index contributed by atoms with van der Waals surface area (Å²) in [5.41, 5.74) is 5.28. The van der Waals surface area contributed by atoms with Crippen LogP contribution in [0.3, 0.4) is 0 Å². The summed E-state index contributed by atoms with van der Waals surface area (Å²) in [5.74, 6) is 0. The maximum Gasteiger partial charge on any atom is 0.0294 e. The molecule has 2 atom stereocenters. The Balaban J connectivity index is 1.53. The highest BCUT2D eigenvalue weighted by molar-refractivity contribution is 5.25. The summed E-state index contributed by atoms with van der Waals surface area (Å²) >= 11 is 0. The van der Waals surface area contributed by atoms with Gasteiger partial charge in [0, 0.05) is 25.2 Å². The molecule has 0 spiro atoms. The lowest BCUT2D eigenvalue weighted by atomic mass is 10.1. The van der Waals surface area contributed by atoms with Gasteiger partial charge in [-0.15, -0.1) is 0 Å². The molecule has 3 aromatic rings. The molecule has 0 saturated heterocycles. The van der Waals surface area contributed by atoms with Crippen LogP contribution in [0.2, 0.25) is 0 Å². The maximum absolute atomic E-state index is 3.61. The van der Waals surface area contributed by atoms with Crippen LogP contribution in [-0.2, 0) is 13.1 Å². The lowest BCUT2D eigenvalue weighted by Crippen LogP contribution is -2.19. The Morgan fingerprint density at radius 1 is 0.577 bits per heavy atom. The first-order valence-electron chi connectivity index (χ1n) is 9.37. The second-order valence-electron chi connectivity index (χ2n) is 6.85. The van der Waals surface area contributed by atoms with Gasteiger partial charge in [0.15, 0.2) is 0 Å². The van der Waals surface area contributed by atoms with Crippen molar-refractivity contribution < 1.29 is 0 Å². The van der Waals surface area contributed by atoms with Crippen molar-refractivity contribution in [1.29, 1.82) is 0 Å². The Kier molecular flexibility index (Phi) is 6.59. The molecule has 0 amide bonds. The van der Waals surface area contributed by atoms with E-state index in [0.29, 0.717) is 12.1 Å². The van der Waals surface area contributed by atoms with Crippen LogP contribution in [-0.4, -0.2) is 0 Å². The van der Waals surface area contributed by atoms with E-state index in [1.807, 2.05) is 0 Å². The Morgan fingerprint density at radius 3 is 1.42 bits per heavy atom. The van der Waals surface area contributed by atoms with E-state index in [2.05, 4.69) is 109 Å². The van der Waals surface area contributed by atoms with E-state index in [0.717, 1.165) is 13.1 Å². The first kappa shape index (κ1) is 18.4. The third kappa shape index (κ3) is 5.29. The third-order valence-corrected chi connectivity index (χ3v) is 4.82. The topological polar surface area (TPSA) is 24.1 Å². The van der Waals surface area contributed by atoms with Crippen molar-refractivity contribution in [3.05, 3.63) is 107 Å². The van der Waals surface area contributed by atoms with Crippen molar-refractivity contribution in [3.8, 4) is 0 Å². The smallest absolute Gasteiger partial charge is 0.0294 e. The number of rotatable bonds is 8. The van der Waals surface area contributed by atoms with Crippen LogP contribution >= 0.6 is 0 Å². The lowest BCUT2D eigenvalue weighted by molar-refractivity contribution is 0.567.